The highest BCUT2D eigenvalue weighted by Gasteiger charge is 2.31. The van der Waals surface area contributed by atoms with Crippen molar-refractivity contribution in [3.8, 4) is 0 Å². The zero-order valence-electron chi connectivity index (χ0n) is 13.9. The van der Waals surface area contributed by atoms with E-state index in [1.54, 1.807) is 28.8 Å². The van der Waals surface area contributed by atoms with E-state index in [-0.39, 0.29) is 11.8 Å². The van der Waals surface area contributed by atoms with E-state index in [2.05, 4.69) is 10.1 Å². The lowest BCUT2D eigenvalue weighted by atomic mass is 10.1. The van der Waals surface area contributed by atoms with Crippen molar-refractivity contribution in [3.05, 3.63) is 34.0 Å². The average molecular weight is 371 g/mol. The van der Waals surface area contributed by atoms with E-state index in [0.29, 0.717) is 32.7 Å². The van der Waals surface area contributed by atoms with Crippen molar-refractivity contribution in [1.29, 1.82) is 0 Å². The monoisotopic (exact) mass is 370 g/mol. The van der Waals surface area contributed by atoms with Gasteiger partial charge in [-0.05, 0) is 26.3 Å². The summed E-state index contributed by atoms with van der Waals surface area (Å²) in [6.07, 6.45) is 2.44. The standard InChI is InChI=1S/C15H22N4O3S2/c1-3-24(20,21)18-8-14-4-6-16-19(14)15(9-18)5-7-22-10-13-11-23-12(2)17-13/h4,6,11,15H,3,5,7-10H2,1-2H3. The Labute approximate surface area is 146 Å². The third kappa shape index (κ3) is 3.85. The van der Waals surface area contributed by atoms with Crippen LogP contribution in [0.1, 0.15) is 35.8 Å². The van der Waals surface area contributed by atoms with Gasteiger partial charge in [0.05, 0.1) is 41.3 Å². The van der Waals surface area contributed by atoms with Gasteiger partial charge in [-0.3, -0.25) is 4.68 Å². The molecule has 0 amide bonds. The van der Waals surface area contributed by atoms with E-state index in [4.69, 9.17) is 4.74 Å². The lowest BCUT2D eigenvalue weighted by Gasteiger charge is -2.33. The first-order valence-electron chi connectivity index (χ1n) is 7.98. The number of nitrogens with zero attached hydrogens (tertiary/aromatic N) is 4. The molecule has 0 spiro atoms. The van der Waals surface area contributed by atoms with Crippen LogP contribution in [0.2, 0.25) is 0 Å². The first-order valence-corrected chi connectivity index (χ1v) is 10.5. The molecule has 3 heterocycles. The summed E-state index contributed by atoms with van der Waals surface area (Å²) in [5.41, 5.74) is 1.87. The number of sulfonamides is 1. The van der Waals surface area contributed by atoms with Gasteiger partial charge in [0, 0.05) is 24.7 Å². The number of aromatic nitrogens is 3. The summed E-state index contributed by atoms with van der Waals surface area (Å²) in [5.74, 6) is 0.119. The van der Waals surface area contributed by atoms with Gasteiger partial charge in [-0.2, -0.15) is 9.40 Å². The van der Waals surface area contributed by atoms with Gasteiger partial charge in [-0.15, -0.1) is 11.3 Å². The molecule has 0 fully saturated rings. The molecule has 0 bridgehead atoms. The molecule has 2 aromatic rings. The van der Waals surface area contributed by atoms with E-state index in [1.165, 1.54) is 0 Å². The van der Waals surface area contributed by atoms with Gasteiger partial charge < -0.3 is 4.74 Å². The molecule has 132 valence electrons. The number of hydrogen-bond acceptors (Lipinski definition) is 6. The van der Waals surface area contributed by atoms with Crippen LogP contribution in [-0.4, -0.2) is 46.4 Å². The molecule has 7 nitrogen and oxygen atoms in total. The minimum absolute atomic E-state index is 0.00208. The number of rotatable bonds is 7. The molecule has 1 atom stereocenters. The van der Waals surface area contributed by atoms with Crippen LogP contribution in [0.5, 0.6) is 0 Å². The van der Waals surface area contributed by atoms with Gasteiger partial charge in [-0.1, -0.05) is 0 Å². The predicted octanol–water partition coefficient (Wildman–Crippen LogP) is 1.96. The molecule has 0 N–H and O–H groups in total. The molecule has 3 rings (SSSR count). The maximum Gasteiger partial charge on any atom is 0.214 e. The van der Waals surface area contributed by atoms with E-state index in [0.717, 1.165) is 16.4 Å². The molecule has 24 heavy (non-hydrogen) atoms. The summed E-state index contributed by atoms with van der Waals surface area (Å²) in [5, 5.41) is 7.38. The molecule has 0 aromatic carbocycles. The molecule has 1 aliphatic heterocycles. The van der Waals surface area contributed by atoms with E-state index >= 15 is 0 Å². The molecular weight excluding hydrogens is 348 g/mol. The Morgan fingerprint density at radius 1 is 1.46 bits per heavy atom. The molecule has 0 saturated carbocycles. The van der Waals surface area contributed by atoms with Gasteiger partial charge in [0.1, 0.15) is 0 Å². The van der Waals surface area contributed by atoms with Crippen LogP contribution in [0, 0.1) is 6.92 Å². The van der Waals surface area contributed by atoms with Gasteiger partial charge in [0.15, 0.2) is 0 Å². The van der Waals surface area contributed by atoms with Gasteiger partial charge in [0.2, 0.25) is 10.0 Å². The maximum absolute atomic E-state index is 12.2. The number of fused-ring (bicyclic) bond motifs is 1. The van der Waals surface area contributed by atoms with Crippen molar-refractivity contribution >= 4 is 21.4 Å². The minimum atomic E-state index is -3.20. The first kappa shape index (κ1) is 17.5. The SMILES string of the molecule is CCS(=O)(=O)N1Cc2ccnn2C(CCOCc2csc(C)n2)C1. The zero-order chi connectivity index (χ0) is 17.2. The lowest BCUT2D eigenvalue weighted by molar-refractivity contribution is 0.0973. The molecular formula is C15H22N4O3S2. The average Bonchev–Trinajstić information content (AvgIpc) is 3.19. The number of aryl methyl sites for hydroxylation is 1. The Morgan fingerprint density at radius 3 is 3.00 bits per heavy atom. The quantitative estimate of drug-likeness (QED) is 0.696. The van der Waals surface area contributed by atoms with E-state index < -0.39 is 10.0 Å². The predicted molar refractivity (Wildman–Crippen MR) is 92.3 cm³/mol. The fraction of sp³-hybridized carbons (Fsp3) is 0.600. The zero-order valence-corrected chi connectivity index (χ0v) is 15.5. The van der Waals surface area contributed by atoms with Crippen molar-refractivity contribution in [2.45, 2.75) is 39.5 Å². The Morgan fingerprint density at radius 2 is 2.29 bits per heavy atom. The Kier molecular flexibility index (Phi) is 5.33. The smallest absolute Gasteiger partial charge is 0.214 e. The number of thiazole rings is 1. The number of ether oxygens (including phenoxy) is 1. The summed E-state index contributed by atoms with van der Waals surface area (Å²) < 4.78 is 33.6. The molecule has 2 aromatic heterocycles. The third-order valence-corrected chi connectivity index (χ3v) is 6.74. The summed E-state index contributed by atoms with van der Waals surface area (Å²) in [6, 6.07) is 1.88. The van der Waals surface area contributed by atoms with Crippen molar-refractivity contribution in [2.24, 2.45) is 0 Å². The van der Waals surface area contributed by atoms with Gasteiger partial charge in [-0.25, -0.2) is 13.4 Å². The molecule has 9 heteroatoms. The van der Waals surface area contributed by atoms with Crippen molar-refractivity contribution in [3.63, 3.8) is 0 Å². The fourth-order valence-electron chi connectivity index (χ4n) is 2.83. The highest BCUT2D eigenvalue weighted by molar-refractivity contribution is 7.89. The first-order chi connectivity index (χ1) is 11.5. The summed E-state index contributed by atoms with van der Waals surface area (Å²) in [7, 11) is -3.20. The van der Waals surface area contributed by atoms with Crippen LogP contribution in [0.4, 0.5) is 0 Å². The van der Waals surface area contributed by atoms with Gasteiger partial charge in [0.25, 0.3) is 0 Å². The summed E-state index contributed by atoms with van der Waals surface area (Å²) >= 11 is 1.61. The number of hydrogen-bond donors (Lipinski definition) is 0. The normalized spacial score (nSPS) is 18.7. The Hall–Kier alpha value is -1.29. The summed E-state index contributed by atoms with van der Waals surface area (Å²) in [6.45, 7) is 5.52. The van der Waals surface area contributed by atoms with Crippen LogP contribution in [-0.2, 0) is 27.9 Å². The third-order valence-electron chi connectivity index (χ3n) is 4.12. The lowest BCUT2D eigenvalue weighted by Crippen LogP contribution is -2.42. The van der Waals surface area contributed by atoms with Crippen LogP contribution in [0.3, 0.4) is 0 Å². The molecule has 0 aliphatic carbocycles. The fourth-order valence-corrected chi connectivity index (χ4v) is 4.52. The van der Waals surface area contributed by atoms with Crippen LogP contribution in [0.25, 0.3) is 0 Å². The van der Waals surface area contributed by atoms with Gasteiger partial charge >= 0.3 is 0 Å². The Bertz CT molecular complexity index is 784. The van der Waals surface area contributed by atoms with Crippen molar-refractivity contribution in [2.75, 3.05) is 18.9 Å². The molecule has 0 saturated heterocycles. The van der Waals surface area contributed by atoms with Crippen LogP contribution >= 0.6 is 11.3 Å². The van der Waals surface area contributed by atoms with Crippen molar-refractivity contribution in [1.82, 2.24) is 19.1 Å². The second-order valence-corrected chi connectivity index (χ2v) is 9.13. The highest BCUT2D eigenvalue weighted by atomic mass is 32.2. The molecule has 1 aliphatic rings. The second kappa shape index (κ2) is 7.30. The van der Waals surface area contributed by atoms with E-state index in [1.807, 2.05) is 23.1 Å². The van der Waals surface area contributed by atoms with Crippen molar-refractivity contribution < 1.29 is 13.2 Å². The molecule has 1 unspecified atom stereocenters. The topological polar surface area (TPSA) is 77.3 Å². The van der Waals surface area contributed by atoms with E-state index in [9.17, 15) is 8.42 Å². The van der Waals surface area contributed by atoms with Crippen LogP contribution in [0.15, 0.2) is 17.6 Å². The van der Waals surface area contributed by atoms with Crippen LogP contribution < -0.4 is 0 Å². The highest BCUT2D eigenvalue weighted by Crippen LogP contribution is 2.25. The molecule has 0 radical (unpaired) electrons. The largest absolute Gasteiger partial charge is 0.375 e. The Balaban J connectivity index is 1.60. The second-order valence-electron chi connectivity index (χ2n) is 5.81. The maximum atomic E-state index is 12.2. The summed E-state index contributed by atoms with van der Waals surface area (Å²) in [4.78, 5) is 4.37. The minimum Gasteiger partial charge on any atom is -0.375 e.